The van der Waals surface area contributed by atoms with Crippen LogP contribution in [0.1, 0.15) is 25.2 Å². The third kappa shape index (κ3) is 3.99. The Morgan fingerprint density at radius 1 is 1.26 bits per heavy atom. The maximum absolute atomic E-state index is 9.95. The predicted molar refractivity (Wildman–Crippen MR) is 81.6 cm³/mol. The maximum Gasteiger partial charge on any atom is 0.210 e. The highest BCUT2D eigenvalue weighted by Gasteiger charge is 2.16. The molecule has 0 spiro atoms. The number of aryl methyl sites for hydroxylation is 1. The second-order valence-corrected chi connectivity index (χ2v) is 5.30. The summed E-state index contributed by atoms with van der Waals surface area (Å²) in [6.07, 6.45) is 0. The van der Waals surface area contributed by atoms with Gasteiger partial charge in [-0.1, -0.05) is 31.1 Å². The number of rotatable bonds is 3. The van der Waals surface area contributed by atoms with Crippen LogP contribution >= 0.6 is 27.9 Å². The lowest BCUT2D eigenvalue weighted by atomic mass is 10.3. The molecular formula is C13H17BrN2O2S. The van der Waals surface area contributed by atoms with Gasteiger partial charge in [0.1, 0.15) is 5.76 Å². The Balaban J connectivity index is 0.000000861. The first-order chi connectivity index (χ1) is 9.09. The molecule has 0 radical (unpaired) electrons. The van der Waals surface area contributed by atoms with Gasteiger partial charge in [0.2, 0.25) is 5.82 Å². The lowest BCUT2D eigenvalue weighted by Gasteiger charge is -2.13. The van der Waals surface area contributed by atoms with Gasteiger partial charge in [-0.25, -0.2) is 0 Å². The number of hydrogen-bond donors (Lipinski definition) is 1. The van der Waals surface area contributed by atoms with E-state index in [2.05, 4.69) is 21.1 Å². The molecule has 19 heavy (non-hydrogen) atoms. The Hall–Kier alpha value is -0.980. The molecular weight excluding hydrogens is 328 g/mol. The molecule has 0 amide bonds. The van der Waals surface area contributed by atoms with Crippen LogP contribution < -0.4 is 4.47 Å². The lowest BCUT2D eigenvalue weighted by molar-refractivity contribution is 0.317. The number of hydrogen-bond acceptors (Lipinski definition) is 5. The highest BCUT2D eigenvalue weighted by atomic mass is 79.9. The second-order valence-electron chi connectivity index (χ2n) is 3.48. The minimum atomic E-state index is 0.420. The summed E-state index contributed by atoms with van der Waals surface area (Å²) in [5.41, 5.74) is 0.826. The molecule has 2 rings (SSSR count). The number of halogens is 1. The quantitative estimate of drug-likeness (QED) is 0.628. The van der Waals surface area contributed by atoms with E-state index in [1.54, 1.807) is 0 Å². The van der Waals surface area contributed by atoms with Crippen LogP contribution in [0, 0.1) is 13.8 Å². The van der Waals surface area contributed by atoms with Gasteiger partial charge in [0, 0.05) is 26.9 Å². The second kappa shape index (κ2) is 7.57. The fourth-order valence-electron chi connectivity index (χ4n) is 1.24. The van der Waals surface area contributed by atoms with Crippen molar-refractivity contribution in [2.45, 2.75) is 32.6 Å². The summed E-state index contributed by atoms with van der Waals surface area (Å²) in [7, 11) is 0. The molecule has 1 aromatic carbocycles. The van der Waals surface area contributed by atoms with Crippen molar-refractivity contribution >= 4 is 33.7 Å². The molecule has 0 bridgehead atoms. The van der Waals surface area contributed by atoms with Crippen molar-refractivity contribution in [3.05, 3.63) is 40.1 Å². The van der Waals surface area contributed by atoms with Crippen LogP contribution in [-0.4, -0.2) is 10.4 Å². The zero-order valence-corrected chi connectivity index (χ0v) is 13.7. The summed E-state index contributed by atoms with van der Waals surface area (Å²) in [6.45, 7) is 7.66. The van der Waals surface area contributed by atoms with Crippen LogP contribution in [0.2, 0.25) is 0 Å². The molecule has 0 unspecified atom stereocenters. The van der Waals surface area contributed by atoms with Crippen LogP contribution in [0.5, 0.6) is 0 Å². The molecule has 1 aromatic heterocycles. The zero-order valence-electron chi connectivity index (χ0n) is 11.3. The van der Waals surface area contributed by atoms with E-state index in [1.807, 2.05) is 52.0 Å². The summed E-state index contributed by atoms with van der Waals surface area (Å²) >= 11 is 4.59. The van der Waals surface area contributed by atoms with Crippen molar-refractivity contribution in [1.82, 2.24) is 5.16 Å². The fraction of sp³-hybridized carbons (Fsp3) is 0.308. The summed E-state index contributed by atoms with van der Waals surface area (Å²) < 4.78 is 6.93. The molecule has 104 valence electrons. The van der Waals surface area contributed by atoms with Gasteiger partial charge in [0.15, 0.2) is 0 Å². The van der Waals surface area contributed by atoms with Crippen LogP contribution in [0.4, 0.5) is 5.82 Å². The Morgan fingerprint density at radius 3 is 2.42 bits per heavy atom. The van der Waals surface area contributed by atoms with E-state index in [0.717, 1.165) is 19.4 Å². The maximum atomic E-state index is 9.95. The summed E-state index contributed by atoms with van der Waals surface area (Å²) in [5, 5.41) is 13.8. The summed E-state index contributed by atoms with van der Waals surface area (Å²) in [6, 6.07) is 7.64. The van der Waals surface area contributed by atoms with Gasteiger partial charge in [-0.3, -0.25) is 5.21 Å². The van der Waals surface area contributed by atoms with Crippen LogP contribution in [-0.2, 0) is 0 Å². The standard InChI is InChI=1S/C11H11BrN2O2S.C2H6/c1-7-8(2)16-13-11(7)14(15)17-10-6-4-3-5-9(10)12;1-2/h3-6,15H,1-2H3;1-2H3. The molecule has 0 saturated heterocycles. The fourth-order valence-corrected chi connectivity index (χ4v) is 2.48. The van der Waals surface area contributed by atoms with E-state index in [1.165, 1.54) is 11.9 Å². The Labute approximate surface area is 126 Å². The lowest BCUT2D eigenvalue weighted by Crippen LogP contribution is -2.09. The molecule has 1 N–H and O–H groups in total. The van der Waals surface area contributed by atoms with E-state index in [4.69, 9.17) is 4.52 Å². The number of aromatic nitrogens is 1. The van der Waals surface area contributed by atoms with Crippen LogP contribution in [0.3, 0.4) is 0 Å². The van der Waals surface area contributed by atoms with Gasteiger partial charge >= 0.3 is 0 Å². The average molecular weight is 345 g/mol. The highest BCUT2D eigenvalue weighted by Crippen LogP contribution is 2.33. The van der Waals surface area contributed by atoms with Gasteiger partial charge in [0.05, 0.1) is 0 Å². The number of anilines is 1. The molecule has 0 aliphatic heterocycles. The van der Waals surface area contributed by atoms with Crippen molar-refractivity contribution in [3.8, 4) is 0 Å². The van der Waals surface area contributed by atoms with Gasteiger partial charge in [-0.05, 0) is 41.9 Å². The largest absolute Gasteiger partial charge is 0.359 e. The van der Waals surface area contributed by atoms with Crippen LogP contribution in [0.15, 0.2) is 38.2 Å². The molecule has 0 aliphatic carbocycles. The van der Waals surface area contributed by atoms with Crippen molar-refractivity contribution in [2.75, 3.05) is 4.47 Å². The monoisotopic (exact) mass is 344 g/mol. The number of benzene rings is 1. The van der Waals surface area contributed by atoms with E-state index < -0.39 is 0 Å². The Bertz CT molecular complexity index is 531. The first-order valence-corrected chi connectivity index (χ1v) is 7.50. The van der Waals surface area contributed by atoms with Crippen molar-refractivity contribution < 1.29 is 9.73 Å². The van der Waals surface area contributed by atoms with Crippen molar-refractivity contribution in [3.63, 3.8) is 0 Å². The van der Waals surface area contributed by atoms with Gasteiger partial charge in [0.25, 0.3) is 0 Å². The SMILES string of the molecule is CC.Cc1onc(N(O)Sc2ccccc2Br)c1C. The third-order valence-electron chi connectivity index (χ3n) is 2.34. The van der Waals surface area contributed by atoms with E-state index >= 15 is 0 Å². The predicted octanol–water partition coefficient (Wildman–Crippen LogP) is 4.98. The minimum absolute atomic E-state index is 0.420. The van der Waals surface area contributed by atoms with Crippen molar-refractivity contribution in [1.29, 1.82) is 0 Å². The number of nitrogens with zero attached hydrogens (tertiary/aromatic N) is 2. The molecule has 0 aliphatic rings. The molecule has 6 heteroatoms. The normalized spacial score (nSPS) is 9.79. The van der Waals surface area contributed by atoms with Gasteiger partial charge < -0.3 is 4.52 Å². The van der Waals surface area contributed by atoms with Crippen molar-refractivity contribution in [2.24, 2.45) is 0 Å². The zero-order chi connectivity index (χ0) is 14.4. The Kier molecular flexibility index (Phi) is 6.41. The minimum Gasteiger partial charge on any atom is -0.359 e. The van der Waals surface area contributed by atoms with Crippen LogP contribution in [0.25, 0.3) is 0 Å². The topological polar surface area (TPSA) is 49.5 Å². The first-order valence-electron chi connectivity index (χ1n) is 5.94. The van der Waals surface area contributed by atoms with E-state index in [-0.39, 0.29) is 0 Å². The summed E-state index contributed by atoms with van der Waals surface area (Å²) in [5.74, 6) is 1.12. The van der Waals surface area contributed by atoms with E-state index in [0.29, 0.717) is 11.6 Å². The molecule has 1 heterocycles. The average Bonchev–Trinajstić information content (AvgIpc) is 2.75. The molecule has 4 nitrogen and oxygen atoms in total. The Morgan fingerprint density at radius 2 is 1.89 bits per heavy atom. The highest BCUT2D eigenvalue weighted by molar-refractivity contribution is 9.10. The first kappa shape index (κ1) is 16.1. The molecule has 0 fully saturated rings. The van der Waals surface area contributed by atoms with E-state index in [9.17, 15) is 5.21 Å². The summed E-state index contributed by atoms with van der Waals surface area (Å²) in [4.78, 5) is 0.898. The van der Waals surface area contributed by atoms with Gasteiger partial charge in [-0.15, -0.1) is 0 Å². The third-order valence-corrected chi connectivity index (χ3v) is 4.19. The smallest absolute Gasteiger partial charge is 0.210 e. The molecule has 2 aromatic rings. The molecule has 0 atom stereocenters. The van der Waals surface area contributed by atoms with Gasteiger partial charge in [-0.2, -0.15) is 4.47 Å². The molecule has 0 saturated carbocycles.